The quantitative estimate of drug-likeness (QED) is 0.726. The first-order valence-corrected chi connectivity index (χ1v) is 5.13. The molecule has 0 spiro atoms. The molecule has 0 unspecified atom stereocenters. The molecule has 0 aliphatic rings. The van der Waals surface area contributed by atoms with E-state index in [1.54, 1.807) is 24.3 Å². The highest BCUT2D eigenvalue weighted by Crippen LogP contribution is 2.12. The second kappa shape index (κ2) is 5.09. The molecule has 0 fully saturated rings. The van der Waals surface area contributed by atoms with Gasteiger partial charge in [0.25, 0.3) is 5.56 Å². The van der Waals surface area contributed by atoms with Gasteiger partial charge in [-0.05, 0) is 17.7 Å². The molecule has 7 heteroatoms. The van der Waals surface area contributed by atoms with E-state index in [2.05, 4.69) is 20.5 Å². The van der Waals surface area contributed by atoms with Gasteiger partial charge in [0.1, 0.15) is 6.20 Å². The Labute approximate surface area is 102 Å². The van der Waals surface area contributed by atoms with Crippen LogP contribution >= 0.6 is 0 Å². The van der Waals surface area contributed by atoms with Crippen molar-refractivity contribution >= 4 is 17.6 Å². The summed E-state index contributed by atoms with van der Waals surface area (Å²) in [5.41, 5.74) is 1.02. The second-order valence-corrected chi connectivity index (χ2v) is 3.57. The minimum Gasteiger partial charge on any atom is -0.481 e. The Kier molecular flexibility index (Phi) is 3.33. The van der Waals surface area contributed by atoms with Gasteiger partial charge in [-0.3, -0.25) is 14.6 Å². The molecule has 0 atom stereocenters. The van der Waals surface area contributed by atoms with Crippen LogP contribution in [0.25, 0.3) is 0 Å². The monoisotopic (exact) mass is 246 g/mol. The van der Waals surface area contributed by atoms with Crippen LogP contribution in [0.2, 0.25) is 0 Å². The van der Waals surface area contributed by atoms with E-state index in [1.807, 2.05) is 0 Å². The number of nitrogens with one attached hydrogen (secondary N) is 2. The SMILES string of the molecule is O=C(O)Cc1ccc(Nc2nncc(=O)[nH]2)cc1. The zero-order chi connectivity index (χ0) is 13.0. The highest BCUT2D eigenvalue weighted by Gasteiger charge is 2.01. The summed E-state index contributed by atoms with van der Waals surface area (Å²) in [5, 5.41) is 18.7. The number of carbonyl (C=O) groups is 1. The van der Waals surface area contributed by atoms with Gasteiger partial charge < -0.3 is 10.4 Å². The molecule has 1 aromatic carbocycles. The fourth-order valence-corrected chi connectivity index (χ4v) is 1.39. The van der Waals surface area contributed by atoms with Gasteiger partial charge in [-0.15, -0.1) is 10.2 Å². The number of aromatic amines is 1. The number of aromatic nitrogens is 3. The summed E-state index contributed by atoms with van der Waals surface area (Å²) in [6.45, 7) is 0. The van der Waals surface area contributed by atoms with Crippen LogP contribution in [0.3, 0.4) is 0 Å². The molecule has 0 saturated carbocycles. The Bertz CT molecular complexity index is 606. The molecule has 1 aromatic heterocycles. The first-order chi connectivity index (χ1) is 8.63. The van der Waals surface area contributed by atoms with Crippen LogP contribution in [0, 0.1) is 0 Å². The standard InChI is InChI=1S/C11H10N4O3/c16-9-6-12-15-11(14-9)13-8-3-1-7(2-4-8)5-10(17)18/h1-4,6H,5H2,(H,17,18)(H2,13,14,15,16). The van der Waals surface area contributed by atoms with Crippen LogP contribution in [-0.2, 0) is 11.2 Å². The number of H-pyrrole nitrogens is 1. The molecule has 3 N–H and O–H groups in total. The van der Waals surface area contributed by atoms with Crippen LogP contribution in [0.1, 0.15) is 5.56 Å². The van der Waals surface area contributed by atoms with Crippen LogP contribution in [0.15, 0.2) is 35.3 Å². The maximum Gasteiger partial charge on any atom is 0.307 e. The molecule has 7 nitrogen and oxygen atoms in total. The third-order valence-electron chi connectivity index (χ3n) is 2.15. The summed E-state index contributed by atoms with van der Waals surface area (Å²) < 4.78 is 0. The fraction of sp³-hybridized carbons (Fsp3) is 0.0909. The van der Waals surface area contributed by atoms with E-state index in [-0.39, 0.29) is 17.9 Å². The Morgan fingerprint density at radius 3 is 2.67 bits per heavy atom. The van der Waals surface area contributed by atoms with Crippen molar-refractivity contribution in [3.05, 3.63) is 46.4 Å². The molecular formula is C11H10N4O3. The van der Waals surface area contributed by atoms with Crippen molar-refractivity contribution in [1.82, 2.24) is 15.2 Å². The molecule has 0 radical (unpaired) electrons. The molecule has 0 aliphatic heterocycles. The molecule has 0 aliphatic carbocycles. The van der Waals surface area contributed by atoms with Crippen LogP contribution in [0.5, 0.6) is 0 Å². The number of aliphatic carboxylic acids is 1. The molecule has 2 rings (SSSR count). The Balaban J connectivity index is 2.11. The van der Waals surface area contributed by atoms with E-state index in [0.29, 0.717) is 11.3 Å². The van der Waals surface area contributed by atoms with E-state index < -0.39 is 5.97 Å². The number of hydrogen-bond acceptors (Lipinski definition) is 5. The van der Waals surface area contributed by atoms with Gasteiger partial charge in [-0.1, -0.05) is 12.1 Å². The van der Waals surface area contributed by atoms with Gasteiger partial charge in [-0.2, -0.15) is 0 Å². The van der Waals surface area contributed by atoms with Crippen molar-refractivity contribution in [2.45, 2.75) is 6.42 Å². The second-order valence-electron chi connectivity index (χ2n) is 3.57. The van der Waals surface area contributed by atoms with Crippen LogP contribution in [-0.4, -0.2) is 26.3 Å². The first-order valence-electron chi connectivity index (χ1n) is 5.13. The number of rotatable bonds is 4. The molecule has 0 amide bonds. The number of carboxylic acid groups (broad SMARTS) is 1. The van der Waals surface area contributed by atoms with Crippen molar-refractivity contribution in [3.63, 3.8) is 0 Å². The molecule has 18 heavy (non-hydrogen) atoms. The van der Waals surface area contributed by atoms with Gasteiger partial charge in [0, 0.05) is 5.69 Å². The average molecular weight is 246 g/mol. The summed E-state index contributed by atoms with van der Waals surface area (Å²) in [6.07, 6.45) is 1.05. The van der Waals surface area contributed by atoms with E-state index in [1.165, 1.54) is 0 Å². The van der Waals surface area contributed by atoms with Gasteiger partial charge >= 0.3 is 5.97 Å². The Morgan fingerprint density at radius 2 is 2.06 bits per heavy atom. The summed E-state index contributed by atoms with van der Waals surface area (Å²) in [4.78, 5) is 24.0. The lowest BCUT2D eigenvalue weighted by Gasteiger charge is -2.04. The maximum absolute atomic E-state index is 11.0. The molecule has 1 heterocycles. The van der Waals surface area contributed by atoms with Crippen molar-refractivity contribution in [2.24, 2.45) is 0 Å². The zero-order valence-corrected chi connectivity index (χ0v) is 9.25. The molecule has 0 bridgehead atoms. The predicted octanol–water partition coefficient (Wildman–Crippen LogP) is 0.536. The van der Waals surface area contributed by atoms with Crippen molar-refractivity contribution in [2.75, 3.05) is 5.32 Å². The van der Waals surface area contributed by atoms with Crippen LogP contribution < -0.4 is 10.9 Å². The summed E-state index contributed by atoms with van der Waals surface area (Å²) >= 11 is 0. The highest BCUT2D eigenvalue weighted by atomic mass is 16.4. The van der Waals surface area contributed by atoms with E-state index in [4.69, 9.17) is 5.11 Å². The normalized spacial score (nSPS) is 10.0. The molecule has 0 saturated heterocycles. The number of nitrogens with zero attached hydrogens (tertiary/aromatic N) is 2. The fourth-order valence-electron chi connectivity index (χ4n) is 1.39. The summed E-state index contributed by atoms with van der Waals surface area (Å²) in [7, 11) is 0. The highest BCUT2D eigenvalue weighted by molar-refractivity contribution is 5.70. The van der Waals surface area contributed by atoms with Crippen molar-refractivity contribution in [1.29, 1.82) is 0 Å². The third kappa shape index (κ3) is 3.14. The minimum atomic E-state index is -0.881. The predicted molar refractivity (Wildman–Crippen MR) is 63.7 cm³/mol. The lowest BCUT2D eigenvalue weighted by molar-refractivity contribution is -0.136. The molecule has 92 valence electrons. The van der Waals surface area contributed by atoms with Crippen molar-refractivity contribution < 1.29 is 9.90 Å². The van der Waals surface area contributed by atoms with Crippen molar-refractivity contribution in [3.8, 4) is 0 Å². The molecular weight excluding hydrogens is 236 g/mol. The largest absolute Gasteiger partial charge is 0.481 e. The Hall–Kier alpha value is -2.70. The van der Waals surface area contributed by atoms with E-state index in [9.17, 15) is 9.59 Å². The smallest absolute Gasteiger partial charge is 0.307 e. The van der Waals surface area contributed by atoms with E-state index in [0.717, 1.165) is 6.20 Å². The van der Waals surface area contributed by atoms with Crippen LogP contribution in [0.4, 0.5) is 11.6 Å². The zero-order valence-electron chi connectivity index (χ0n) is 9.25. The number of hydrogen-bond donors (Lipinski definition) is 3. The number of carboxylic acids is 1. The van der Waals surface area contributed by atoms with Gasteiger partial charge in [0.05, 0.1) is 6.42 Å². The maximum atomic E-state index is 11.0. The topological polar surface area (TPSA) is 108 Å². The lowest BCUT2D eigenvalue weighted by Crippen LogP contribution is -2.10. The van der Waals surface area contributed by atoms with Gasteiger partial charge in [-0.25, -0.2) is 0 Å². The van der Waals surface area contributed by atoms with Gasteiger partial charge in [0.15, 0.2) is 0 Å². The summed E-state index contributed by atoms with van der Waals surface area (Å²) in [5.74, 6) is -0.651. The van der Waals surface area contributed by atoms with E-state index >= 15 is 0 Å². The van der Waals surface area contributed by atoms with Gasteiger partial charge in [0.2, 0.25) is 5.95 Å². The Morgan fingerprint density at radius 1 is 1.33 bits per heavy atom. The average Bonchev–Trinajstić information content (AvgIpc) is 2.31. The number of benzene rings is 1. The molecule has 2 aromatic rings. The summed E-state index contributed by atoms with van der Waals surface area (Å²) in [6, 6.07) is 6.77. The third-order valence-corrected chi connectivity index (χ3v) is 2.15. The number of anilines is 2. The lowest BCUT2D eigenvalue weighted by atomic mass is 10.1. The first kappa shape index (κ1) is 11.8. The minimum absolute atomic E-state index is 0.0255.